The minimum Gasteiger partial charge on any atom is -0.271 e. The van der Waals surface area contributed by atoms with Crippen LogP contribution in [0.1, 0.15) is 10.4 Å². The molecule has 1 aromatic heterocycles. The second kappa shape index (κ2) is 5.01. The summed E-state index contributed by atoms with van der Waals surface area (Å²) in [4.78, 5) is 22.7. The summed E-state index contributed by atoms with van der Waals surface area (Å²) in [6.45, 7) is 0. The number of benzene rings is 1. The van der Waals surface area contributed by atoms with Crippen molar-refractivity contribution in [2.45, 2.75) is 11.8 Å². The van der Waals surface area contributed by atoms with E-state index in [4.69, 9.17) is 11.6 Å². The van der Waals surface area contributed by atoms with Gasteiger partial charge in [-0.2, -0.15) is 0 Å². The van der Waals surface area contributed by atoms with Gasteiger partial charge in [0.15, 0.2) is 0 Å². The fourth-order valence-electron chi connectivity index (χ4n) is 1.52. The fraction of sp³-hybridized carbons (Fsp3) is 0.167. The highest BCUT2D eigenvalue weighted by Gasteiger charge is 2.17. The van der Waals surface area contributed by atoms with Gasteiger partial charge in [-0.05, 0) is 12.0 Å². The number of aromatic amines is 1. The van der Waals surface area contributed by atoms with E-state index in [-0.39, 0.29) is 11.5 Å². The number of rotatable bonds is 3. The number of hydrogen-bond donors (Lipinski definition) is 1. The molecule has 1 N–H and O–H groups in total. The van der Waals surface area contributed by atoms with Crippen molar-refractivity contribution in [3.05, 3.63) is 58.5 Å². The third kappa shape index (κ3) is 2.85. The smallest absolute Gasteiger partial charge is 0.264 e. The number of alkyl halides is 1. The van der Waals surface area contributed by atoms with Crippen LogP contribution >= 0.6 is 11.6 Å². The number of carbonyl (C=O) groups excluding carboxylic acids is 1. The molecule has 1 atom stereocenters. The molecule has 1 heterocycles. The van der Waals surface area contributed by atoms with Crippen LogP contribution in [0.5, 0.6) is 0 Å². The van der Waals surface area contributed by atoms with Gasteiger partial charge in [0.2, 0.25) is 0 Å². The minimum absolute atomic E-state index is 0.318. The van der Waals surface area contributed by atoms with Gasteiger partial charge in [0.1, 0.15) is 5.38 Å². The lowest BCUT2D eigenvalue weighted by molar-refractivity contribution is 0.0891. The maximum absolute atomic E-state index is 11.8. The van der Waals surface area contributed by atoms with Crippen molar-refractivity contribution in [1.29, 1.82) is 0 Å². The first-order chi connectivity index (χ1) is 8.16. The van der Waals surface area contributed by atoms with Crippen molar-refractivity contribution in [1.82, 2.24) is 9.78 Å². The van der Waals surface area contributed by atoms with Gasteiger partial charge in [-0.3, -0.25) is 14.7 Å². The number of nitrogens with zero attached hydrogens (tertiary/aromatic N) is 1. The highest BCUT2D eigenvalue weighted by molar-refractivity contribution is 6.31. The lowest BCUT2D eigenvalue weighted by Gasteiger charge is -2.08. The van der Waals surface area contributed by atoms with E-state index in [0.717, 1.165) is 10.2 Å². The zero-order chi connectivity index (χ0) is 12.3. The zero-order valence-corrected chi connectivity index (χ0v) is 9.72. The van der Waals surface area contributed by atoms with Crippen molar-refractivity contribution >= 4 is 17.5 Å². The first kappa shape index (κ1) is 11.7. The molecule has 0 saturated heterocycles. The highest BCUT2D eigenvalue weighted by Crippen LogP contribution is 2.09. The molecule has 0 fully saturated rings. The summed E-state index contributed by atoms with van der Waals surface area (Å²) >= 11 is 6.02. The number of halogens is 1. The zero-order valence-electron chi connectivity index (χ0n) is 8.97. The summed E-state index contributed by atoms with van der Waals surface area (Å²) in [5, 5.41) is 1.68. The Hall–Kier alpha value is -1.81. The third-order valence-corrected chi connectivity index (χ3v) is 2.71. The van der Waals surface area contributed by atoms with Crippen molar-refractivity contribution in [3.8, 4) is 0 Å². The Labute approximate surface area is 103 Å². The van der Waals surface area contributed by atoms with Crippen LogP contribution < -0.4 is 5.56 Å². The van der Waals surface area contributed by atoms with E-state index < -0.39 is 5.38 Å². The van der Waals surface area contributed by atoms with E-state index in [1.54, 1.807) is 0 Å². The van der Waals surface area contributed by atoms with Crippen LogP contribution in [0.25, 0.3) is 0 Å². The molecule has 0 saturated carbocycles. The summed E-state index contributed by atoms with van der Waals surface area (Å²) in [7, 11) is 0. The molecule has 0 spiro atoms. The highest BCUT2D eigenvalue weighted by atomic mass is 35.5. The average molecular weight is 251 g/mol. The number of H-pyrrole nitrogens is 1. The molecular formula is C12H11ClN2O2. The lowest BCUT2D eigenvalue weighted by Crippen LogP contribution is -2.25. The molecule has 0 aliphatic carbocycles. The fourth-order valence-corrected chi connectivity index (χ4v) is 1.81. The van der Waals surface area contributed by atoms with Crippen LogP contribution in [0.2, 0.25) is 0 Å². The Morgan fingerprint density at radius 1 is 1.29 bits per heavy atom. The summed E-state index contributed by atoms with van der Waals surface area (Å²) in [5.41, 5.74) is 0.664. The van der Waals surface area contributed by atoms with Crippen molar-refractivity contribution < 1.29 is 4.79 Å². The Balaban J connectivity index is 2.08. The van der Waals surface area contributed by atoms with Gasteiger partial charge in [0.25, 0.3) is 11.5 Å². The molecule has 2 rings (SSSR count). The molecule has 0 bridgehead atoms. The summed E-state index contributed by atoms with van der Waals surface area (Å²) in [6.07, 6.45) is 1.81. The maximum atomic E-state index is 11.8. The molecule has 17 heavy (non-hydrogen) atoms. The van der Waals surface area contributed by atoms with Crippen LogP contribution in [0.4, 0.5) is 0 Å². The second-order valence-corrected chi connectivity index (χ2v) is 4.18. The average Bonchev–Trinajstić information content (AvgIpc) is 2.76. The molecule has 88 valence electrons. The van der Waals surface area contributed by atoms with Gasteiger partial charge < -0.3 is 0 Å². The Morgan fingerprint density at radius 2 is 2.00 bits per heavy atom. The van der Waals surface area contributed by atoms with E-state index >= 15 is 0 Å². The SMILES string of the molecule is O=C(C(Cl)Cc1ccccc1)n1ccc(=O)[nH]1. The first-order valence-corrected chi connectivity index (χ1v) is 5.60. The maximum Gasteiger partial charge on any atom is 0.264 e. The number of hydrogen-bond acceptors (Lipinski definition) is 2. The van der Waals surface area contributed by atoms with Crippen molar-refractivity contribution in [2.24, 2.45) is 0 Å². The van der Waals surface area contributed by atoms with E-state index in [9.17, 15) is 9.59 Å². The molecule has 0 radical (unpaired) electrons. The third-order valence-electron chi connectivity index (χ3n) is 2.37. The molecule has 0 amide bonds. The van der Waals surface area contributed by atoms with Crippen LogP contribution in [0.15, 0.2) is 47.4 Å². The van der Waals surface area contributed by atoms with E-state index in [1.165, 1.54) is 12.3 Å². The minimum atomic E-state index is -0.694. The van der Waals surface area contributed by atoms with Gasteiger partial charge in [0.05, 0.1) is 0 Å². The second-order valence-electron chi connectivity index (χ2n) is 3.66. The first-order valence-electron chi connectivity index (χ1n) is 5.17. The predicted octanol–water partition coefficient (Wildman–Crippen LogP) is 1.67. The Bertz CT molecular complexity index is 559. The van der Waals surface area contributed by atoms with Crippen molar-refractivity contribution in [2.75, 3.05) is 0 Å². The van der Waals surface area contributed by atoms with Gasteiger partial charge in [-0.1, -0.05) is 30.3 Å². The monoisotopic (exact) mass is 250 g/mol. The molecular weight excluding hydrogens is 240 g/mol. The van der Waals surface area contributed by atoms with Crippen LogP contribution in [-0.2, 0) is 6.42 Å². The number of nitrogens with one attached hydrogen (secondary N) is 1. The van der Waals surface area contributed by atoms with Crippen molar-refractivity contribution in [3.63, 3.8) is 0 Å². The molecule has 1 unspecified atom stereocenters. The molecule has 1 aromatic carbocycles. The molecule has 0 aliphatic heterocycles. The summed E-state index contributed by atoms with van der Waals surface area (Å²) in [6, 6.07) is 10.8. The van der Waals surface area contributed by atoms with Crippen LogP contribution in [-0.4, -0.2) is 21.1 Å². The van der Waals surface area contributed by atoms with E-state index in [1.807, 2.05) is 30.3 Å². The van der Waals surface area contributed by atoms with Gasteiger partial charge in [-0.25, -0.2) is 4.68 Å². The predicted molar refractivity (Wildman–Crippen MR) is 65.5 cm³/mol. The summed E-state index contributed by atoms with van der Waals surface area (Å²) < 4.78 is 1.11. The largest absolute Gasteiger partial charge is 0.271 e. The van der Waals surface area contributed by atoms with E-state index in [2.05, 4.69) is 5.10 Å². The van der Waals surface area contributed by atoms with Gasteiger partial charge >= 0.3 is 0 Å². The van der Waals surface area contributed by atoms with Gasteiger partial charge in [-0.15, -0.1) is 11.6 Å². The number of aromatic nitrogens is 2. The Morgan fingerprint density at radius 3 is 2.59 bits per heavy atom. The van der Waals surface area contributed by atoms with E-state index in [0.29, 0.717) is 6.42 Å². The number of carbonyl (C=O) groups is 1. The Kier molecular flexibility index (Phi) is 3.44. The molecule has 0 aliphatic rings. The lowest BCUT2D eigenvalue weighted by atomic mass is 10.1. The molecule has 5 heteroatoms. The molecule has 2 aromatic rings. The quantitative estimate of drug-likeness (QED) is 0.843. The topological polar surface area (TPSA) is 54.9 Å². The standard InChI is InChI=1S/C12H11ClN2O2/c13-10(8-9-4-2-1-3-5-9)12(17)15-7-6-11(16)14-15/h1-7,10H,8H2,(H,14,16). The summed E-state index contributed by atoms with van der Waals surface area (Å²) in [5.74, 6) is -0.336. The van der Waals surface area contributed by atoms with Gasteiger partial charge in [0, 0.05) is 12.3 Å². The van der Waals surface area contributed by atoms with Crippen LogP contribution in [0.3, 0.4) is 0 Å². The molecule has 4 nitrogen and oxygen atoms in total. The normalized spacial score (nSPS) is 12.3. The van der Waals surface area contributed by atoms with Crippen LogP contribution in [0, 0.1) is 0 Å².